The van der Waals surface area contributed by atoms with E-state index in [1.54, 1.807) is 0 Å². The number of nitro groups is 1. The Morgan fingerprint density at radius 3 is 2.64 bits per heavy atom. The monoisotopic (exact) mass is 308 g/mol. The van der Waals surface area contributed by atoms with Gasteiger partial charge in [-0.05, 0) is 24.3 Å². The van der Waals surface area contributed by atoms with Gasteiger partial charge in [0.15, 0.2) is 18.2 Å². The van der Waals surface area contributed by atoms with Crippen molar-refractivity contribution in [3.8, 4) is 5.75 Å². The van der Waals surface area contributed by atoms with Gasteiger partial charge in [0.1, 0.15) is 5.82 Å². The van der Waals surface area contributed by atoms with Gasteiger partial charge in [-0.25, -0.2) is 8.78 Å². The molecule has 0 spiro atoms. The highest BCUT2D eigenvalue weighted by molar-refractivity contribution is 5.91. The lowest BCUT2D eigenvalue weighted by molar-refractivity contribution is -0.385. The molecule has 0 bridgehead atoms. The van der Waals surface area contributed by atoms with Crippen LogP contribution in [0.4, 0.5) is 20.2 Å². The molecule has 0 heterocycles. The first-order chi connectivity index (χ1) is 10.5. The van der Waals surface area contributed by atoms with Crippen LogP contribution in [0, 0.1) is 21.7 Å². The maximum Gasteiger partial charge on any atom is 0.272 e. The predicted molar refractivity (Wildman–Crippen MR) is 73.6 cm³/mol. The molecule has 2 rings (SSSR count). The Hall–Kier alpha value is -3.03. The molecule has 0 atom stereocenters. The summed E-state index contributed by atoms with van der Waals surface area (Å²) in [5, 5.41) is 12.8. The molecule has 2 aromatic rings. The van der Waals surface area contributed by atoms with Crippen molar-refractivity contribution in [1.82, 2.24) is 0 Å². The number of nitrogens with one attached hydrogen (secondary N) is 1. The van der Waals surface area contributed by atoms with Gasteiger partial charge in [-0.2, -0.15) is 0 Å². The minimum absolute atomic E-state index is 0.234. The lowest BCUT2D eigenvalue weighted by Crippen LogP contribution is -2.20. The second kappa shape index (κ2) is 6.61. The molecule has 0 aliphatic rings. The van der Waals surface area contributed by atoms with E-state index in [0.717, 1.165) is 18.2 Å². The second-order valence-corrected chi connectivity index (χ2v) is 4.22. The van der Waals surface area contributed by atoms with E-state index in [4.69, 9.17) is 4.74 Å². The number of rotatable bonds is 5. The summed E-state index contributed by atoms with van der Waals surface area (Å²) in [6, 6.07) is 8.05. The van der Waals surface area contributed by atoms with Crippen LogP contribution in [-0.2, 0) is 4.79 Å². The van der Waals surface area contributed by atoms with Gasteiger partial charge in [0, 0.05) is 11.8 Å². The standard InChI is InChI=1S/C14H10F2N2O4/c15-9-2-1-3-10(6-9)17-14(19)8-22-13-5-4-11(18(20)21)7-12(13)16/h1-7H,8H2,(H,17,19). The van der Waals surface area contributed by atoms with Crippen LogP contribution in [-0.4, -0.2) is 17.4 Å². The van der Waals surface area contributed by atoms with Crippen LogP contribution in [0.25, 0.3) is 0 Å². The zero-order valence-corrected chi connectivity index (χ0v) is 11.1. The number of nitro benzene ring substituents is 1. The summed E-state index contributed by atoms with van der Waals surface area (Å²) in [6.45, 7) is -0.523. The van der Waals surface area contributed by atoms with Crippen molar-refractivity contribution in [2.75, 3.05) is 11.9 Å². The van der Waals surface area contributed by atoms with Crippen LogP contribution in [0.15, 0.2) is 42.5 Å². The van der Waals surface area contributed by atoms with Gasteiger partial charge in [0.2, 0.25) is 0 Å². The average Bonchev–Trinajstić information content (AvgIpc) is 2.45. The van der Waals surface area contributed by atoms with Crippen molar-refractivity contribution in [3.63, 3.8) is 0 Å². The van der Waals surface area contributed by atoms with Crippen LogP contribution in [0.5, 0.6) is 5.75 Å². The van der Waals surface area contributed by atoms with Gasteiger partial charge in [0.25, 0.3) is 11.6 Å². The fourth-order valence-corrected chi connectivity index (χ4v) is 1.63. The van der Waals surface area contributed by atoms with Crippen LogP contribution in [0.3, 0.4) is 0 Å². The molecular formula is C14H10F2N2O4. The highest BCUT2D eigenvalue weighted by Crippen LogP contribution is 2.22. The molecule has 1 amide bonds. The third-order valence-electron chi connectivity index (χ3n) is 2.59. The molecule has 114 valence electrons. The van der Waals surface area contributed by atoms with E-state index in [2.05, 4.69) is 5.32 Å². The second-order valence-electron chi connectivity index (χ2n) is 4.22. The van der Waals surface area contributed by atoms with Crippen molar-refractivity contribution in [1.29, 1.82) is 0 Å². The number of carbonyl (C=O) groups is 1. The van der Waals surface area contributed by atoms with Gasteiger partial charge in [-0.15, -0.1) is 0 Å². The largest absolute Gasteiger partial charge is 0.481 e. The van der Waals surface area contributed by atoms with Crippen molar-refractivity contribution in [3.05, 3.63) is 64.2 Å². The third-order valence-corrected chi connectivity index (χ3v) is 2.59. The Morgan fingerprint density at radius 2 is 2.00 bits per heavy atom. The lowest BCUT2D eigenvalue weighted by Gasteiger charge is -2.08. The molecule has 0 saturated heterocycles. The van der Waals surface area contributed by atoms with E-state index in [0.29, 0.717) is 6.07 Å². The number of non-ortho nitro benzene ring substituents is 1. The highest BCUT2D eigenvalue weighted by Gasteiger charge is 2.13. The van der Waals surface area contributed by atoms with Gasteiger partial charge in [-0.1, -0.05) is 6.07 Å². The number of benzene rings is 2. The van der Waals surface area contributed by atoms with Crippen molar-refractivity contribution >= 4 is 17.3 Å². The summed E-state index contributed by atoms with van der Waals surface area (Å²) in [7, 11) is 0. The normalized spacial score (nSPS) is 10.1. The number of hydrogen-bond donors (Lipinski definition) is 1. The lowest BCUT2D eigenvalue weighted by atomic mass is 10.3. The summed E-state index contributed by atoms with van der Waals surface area (Å²) >= 11 is 0. The van der Waals surface area contributed by atoms with Gasteiger partial charge in [-0.3, -0.25) is 14.9 Å². The Balaban J connectivity index is 1.95. The van der Waals surface area contributed by atoms with E-state index in [1.807, 2.05) is 0 Å². The molecule has 0 aliphatic carbocycles. The first-order valence-electron chi connectivity index (χ1n) is 6.08. The van der Waals surface area contributed by atoms with Crippen molar-refractivity contribution in [2.24, 2.45) is 0 Å². The summed E-state index contributed by atoms with van der Waals surface area (Å²) in [4.78, 5) is 21.3. The summed E-state index contributed by atoms with van der Waals surface area (Å²) in [6.07, 6.45) is 0. The number of ether oxygens (including phenoxy) is 1. The molecule has 6 nitrogen and oxygen atoms in total. The minimum Gasteiger partial charge on any atom is -0.481 e. The molecule has 0 saturated carbocycles. The van der Waals surface area contributed by atoms with Crippen LogP contribution < -0.4 is 10.1 Å². The molecule has 2 aromatic carbocycles. The number of amides is 1. The molecular weight excluding hydrogens is 298 g/mol. The number of carbonyl (C=O) groups excluding carboxylic acids is 1. The number of anilines is 1. The third kappa shape index (κ3) is 3.98. The van der Waals surface area contributed by atoms with E-state index >= 15 is 0 Å². The number of hydrogen-bond acceptors (Lipinski definition) is 4. The molecule has 0 aromatic heterocycles. The van der Waals surface area contributed by atoms with Gasteiger partial charge < -0.3 is 10.1 Å². The van der Waals surface area contributed by atoms with E-state index in [9.17, 15) is 23.7 Å². The van der Waals surface area contributed by atoms with Crippen LogP contribution in [0.2, 0.25) is 0 Å². The molecule has 8 heteroatoms. The van der Waals surface area contributed by atoms with Crippen LogP contribution >= 0.6 is 0 Å². The highest BCUT2D eigenvalue weighted by atomic mass is 19.1. The molecule has 1 N–H and O–H groups in total. The maximum absolute atomic E-state index is 13.5. The molecule has 0 unspecified atom stereocenters. The van der Waals surface area contributed by atoms with Crippen molar-refractivity contribution in [2.45, 2.75) is 0 Å². The fraction of sp³-hybridized carbons (Fsp3) is 0.0714. The zero-order valence-electron chi connectivity index (χ0n) is 11.1. The maximum atomic E-state index is 13.5. The SMILES string of the molecule is O=C(COc1ccc([N+](=O)[O-])cc1F)Nc1cccc(F)c1. The number of halogens is 2. The topological polar surface area (TPSA) is 81.5 Å². The van der Waals surface area contributed by atoms with Gasteiger partial charge >= 0.3 is 0 Å². The van der Waals surface area contributed by atoms with Crippen LogP contribution in [0.1, 0.15) is 0 Å². The summed E-state index contributed by atoms with van der Waals surface area (Å²) in [5.74, 6) is -2.38. The first-order valence-corrected chi connectivity index (χ1v) is 6.08. The summed E-state index contributed by atoms with van der Waals surface area (Å²) < 4.78 is 31.4. The van der Waals surface area contributed by atoms with E-state index < -0.39 is 34.8 Å². The smallest absolute Gasteiger partial charge is 0.272 e. The predicted octanol–water partition coefficient (Wildman–Crippen LogP) is 2.89. The fourth-order valence-electron chi connectivity index (χ4n) is 1.63. The van der Waals surface area contributed by atoms with Crippen molar-refractivity contribution < 1.29 is 23.2 Å². The Labute approximate surface area is 123 Å². The molecule has 0 radical (unpaired) electrons. The summed E-state index contributed by atoms with van der Waals surface area (Å²) in [5.41, 5.74) is -0.188. The van der Waals surface area contributed by atoms with E-state index in [-0.39, 0.29) is 11.4 Å². The van der Waals surface area contributed by atoms with Gasteiger partial charge in [0.05, 0.1) is 11.0 Å². The Bertz CT molecular complexity index is 722. The average molecular weight is 308 g/mol. The Kier molecular flexibility index (Phi) is 4.62. The first kappa shape index (κ1) is 15.4. The van der Waals surface area contributed by atoms with E-state index in [1.165, 1.54) is 18.2 Å². The Morgan fingerprint density at radius 1 is 1.23 bits per heavy atom. The molecule has 22 heavy (non-hydrogen) atoms. The minimum atomic E-state index is -0.951. The number of nitrogens with zero attached hydrogens (tertiary/aromatic N) is 1. The quantitative estimate of drug-likeness (QED) is 0.680. The molecule has 0 fully saturated rings. The zero-order chi connectivity index (χ0) is 16.1. The molecule has 0 aliphatic heterocycles.